The minimum Gasteiger partial charge on any atom is -0.460 e. The molecule has 0 bridgehead atoms. The van der Waals surface area contributed by atoms with E-state index in [1.165, 1.54) is 0 Å². The molecule has 8 heteroatoms. The first kappa shape index (κ1) is 35.0. The van der Waals surface area contributed by atoms with Crippen LogP contribution in [-0.2, 0) is 20.5 Å². The molecule has 2 aromatic carbocycles. The molecule has 0 spiro atoms. The Morgan fingerprint density at radius 3 is 2.04 bits per heavy atom. The molecule has 1 aliphatic heterocycles. The lowest BCUT2D eigenvalue weighted by atomic mass is 9.81. The maximum Gasteiger partial charge on any atom is 0.416 e. The highest BCUT2D eigenvalue weighted by molar-refractivity contribution is 5.77. The molecule has 1 saturated carbocycles. The lowest BCUT2D eigenvalue weighted by Crippen LogP contribution is -2.60. The quantitative estimate of drug-likeness (QED) is 0.301. The van der Waals surface area contributed by atoms with Gasteiger partial charge in [-0.2, -0.15) is 13.2 Å². The fraction of sp³-hybridized carbons (Fsp3) is 0.622. The monoisotopic (exact) mass is 628 g/mol. The molecule has 1 aliphatic carbocycles. The van der Waals surface area contributed by atoms with Crippen LogP contribution in [0, 0.1) is 17.3 Å². The number of piperazine rings is 1. The van der Waals surface area contributed by atoms with Gasteiger partial charge in [0.25, 0.3) is 0 Å². The fourth-order valence-corrected chi connectivity index (χ4v) is 6.92. The van der Waals surface area contributed by atoms with E-state index >= 15 is 0 Å². The van der Waals surface area contributed by atoms with E-state index in [1.807, 2.05) is 51.1 Å². The smallest absolute Gasteiger partial charge is 0.416 e. The number of benzene rings is 2. The molecule has 2 aliphatic rings. The van der Waals surface area contributed by atoms with Gasteiger partial charge in [-0.15, -0.1) is 0 Å². The third-order valence-electron chi connectivity index (χ3n) is 9.31. The van der Waals surface area contributed by atoms with Crippen molar-refractivity contribution in [1.29, 1.82) is 0 Å². The average Bonchev–Trinajstić information content (AvgIpc) is 2.93. The lowest BCUT2D eigenvalue weighted by molar-refractivity contribution is -0.160. The highest BCUT2D eigenvalue weighted by Gasteiger charge is 2.41. The predicted octanol–water partition coefficient (Wildman–Crippen LogP) is 8.67. The van der Waals surface area contributed by atoms with Gasteiger partial charge < -0.3 is 9.64 Å². The second kappa shape index (κ2) is 14.3. The van der Waals surface area contributed by atoms with Gasteiger partial charge in [0.15, 0.2) is 0 Å². The highest BCUT2D eigenvalue weighted by atomic mass is 19.4. The Balaban J connectivity index is 1.50. The van der Waals surface area contributed by atoms with E-state index in [0.717, 1.165) is 61.8 Å². The van der Waals surface area contributed by atoms with Gasteiger partial charge in [0, 0.05) is 32.1 Å². The summed E-state index contributed by atoms with van der Waals surface area (Å²) in [6.07, 6.45) is 1.44. The Bertz CT molecular complexity index is 1270. The van der Waals surface area contributed by atoms with Gasteiger partial charge in [-0.05, 0) is 81.0 Å². The number of amides is 1. The van der Waals surface area contributed by atoms with Gasteiger partial charge in [-0.3, -0.25) is 14.5 Å². The number of carbonyl (C=O) groups excluding carboxylic acids is 2. The van der Waals surface area contributed by atoms with Crippen molar-refractivity contribution in [2.45, 2.75) is 110 Å². The molecule has 1 heterocycles. The molecule has 0 aromatic heterocycles. The number of alkyl halides is 3. The Labute approximate surface area is 267 Å². The largest absolute Gasteiger partial charge is 0.460 e. The molecule has 3 unspecified atom stereocenters. The molecular formula is C37H51F3N2O3. The van der Waals surface area contributed by atoms with Gasteiger partial charge in [0.2, 0.25) is 5.91 Å². The van der Waals surface area contributed by atoms with Crippen LogP contribution in [0.3, 0.4) is 0 Å². The summed E-state index contributed by atoms with van der Waals surface area (Å²) in [5.41, 5.74) is 0.436. The summed E-state index contributed by atoms with van der Waals surface area (Å²) in [5.74, 6) is 0.137. The zero-order valence-corrected chi connectivity index (χ0v) is 27.8. The number of ether oxygens (including phenoxy) is 1. The first-order valence-electron chi connectivity index (χ1n) is 16.5. The number of hydrogen-bond donors (Lipinski definition) is 0. The molecular weight excluding hydrogens is 577 g/mol. The topological polar surface area (TPSA) is 49.9 Å². The van der Waals surface area contributed by atoms with Gasteiger partial charge in [0.1, 0.15) is 5.60 Å². The summed E-state index contributed by atoms with van der Waals surface area (Å²) in [4.78, 5) is 31.2. The van der Waals surface area contributed by atoms with E-state index in [2.05, 4.69) is 30.6 Å². The number of halogens is 3. The van der Waals surface area contributed by atoms with E-state index in [4.69, 9.17) is 4.74 Å². The normalized spacial score (nSPS) is 23.1. The molecule has 0 N–H and O–H groups in total. The number of esters is 1. The van der Waals surface area contributed by atoms with Gasteiger partial charge in [-0.25, -0.2) is 0 Å². The zero-order valence-electron chi connectivity index (χ0n) is 27.8. The van der Waals surface area contributed by atoms with Crippen LogP contribution in [0.5, 0.6) is 0 Å². The molecule has 2 fully saturated rings. The molecule has 0 radical (unpaired) electrons. The summed E-state index contributed by atoms with van der Waals surface area (Å²) < 4.78 is 45.7. The van der Waals surface area contributed by atoms with Crippen LogP contribution < -0.4 is 0 Å². The maximum atomic E-state index is 14.0. The SMILES string of the molecule is CC(C)(C)OC(=O)[C@H]1CCCCC(CC(=O)N2CCN(C(c3ccccc3)c3ccc(C(F)(F)F)cc3)CC2C(C)(C)C)CC1. The Morgan fingerprint density at radius 2 is 1.44 bits per heavy atom. The van der Waals surface area contributed by atoms with E-state index < -0.39 is 17.3 Å². The van der Waals surface area contributed by atoms with Crippen LogP contribution in [-0.4, -0.2) is 53.0 Å². The second-order valence-electron chi connectivity index (χ2n) is 15.1. The summed E-state index contributed by atoms with van der Waals surface area (Å²) in [6, 6.07) is 15.1. The Morgan fingerprint density at radius 1 is 0.822 bits per heavy atom. The van der Waals surface area contributed by atoms with Crippen LogP contribution in [0.1, 0.15) is 109 Å². The third kappa shape index (κ3) is 9.57. The first-order valence-corrected chi connectivity index (χ1v) is 16.5. The van der Waals surface area contributed by atoms with Crippen molar-refractivity contribution < 1.29 is 27.5 Å². The summed E-state index contributed by atoms with van der Waals surface area (Å²) in [6.45, 7) is 13.9. The molecule has 4 rings (SSSR count). The lowest BCUT2D eigenvalue weighted by Gasteiger charge is -2.49. The first-order chi connectivity index (χ1) is 21.0. The van der Waals surface area contributed by atoms with Crippen LogP contribution in [0.25, 0.3) is 0 Å². The van der Waals surface area contributed by atoms with Crippen molar-refractivity contribution >= 4 is 11.9 Å². The van der Waals surface area contributed by atoms with E-state index in [0.29, 0.717) is 26.1 Å². The number of rotatable bonds is 6. The van der Waals surface area contributed by atoms with Crippen molar-refractivity contribution in [2.75, 3.05) is 19.6 Å². The van der Waals surface area contributed by atoms with Crippen LogP contribution in [0.2, 0.25) is 0 Å². The maximum absolute atomic E-state index is 14.0. The molecule has 4 atom stereocenters. The van der Waals surface area contributed by atoms with Crippen LogP contribution >= 0.6 is 0 Å². The Kier molecular flexibility index (Phi) is 11.1. The van der Waals surface area contributed by atoms with Gasteiger partial charge >= 0.3 is 12.1 Å². The van der Waals surface area contributed by atoms with Crippen molar-refractivity contribution in [1.82, 2.24) is 9.80 Å². The highest BCUT2D eigenvalue weighted by Crippen LogP contribution is 2.38. The molecule has 248 valence electrons. The van der Waals surface area contributed by atoms with Crippen molar-refractivity contribution in [3.05, 3.63) is 71.3 Å². The Hall–Kier alpha value is -2.87. The van der Waals surface area contributed by atoms with Crippen LogP contribution in [0.4, 0.5) is 13.2 Å². The predicted molar refractivity (Wildman–Crippen MR) is 171 cm³/mol. The van der Waals surface area contributed by atoms with Gasteiger partial charge in [-0.1, -0.05) is 76.1 Å². The second-order valence-corrected chi connectivity index (χ2v) is 15.1. The summed E-state index contributed by atoms with van der Waals surface area (Å²) >= 11 is 0. The minimum atomic E-state index is -4.39. The van der Waals surface area contributed by atoms with Crippen molar-refractivity contribution in [3.8, 4) is 0 Å². The number of nitrogens with zero attached hydrogens (tertiary/aromatic N) is 2. The number of hydrogen-bond acceptors (Lipinski definition) is 4. The number of carbonyl (C=O) groups is 2. The molecule has 5 nitrogen and oxygen atoms in total. The van der Waals surface area contributed by atoms with E-state index in [9.17, 15) is 22.8 Å². The van der Waals surface area contributed by atoms with E-state index in [-0.39, 0.29) is 41.2 Å². The van der Waals surface area contributed by atoms with Gasteiger partial charge in [0.05, 0.1) is 17.5 Å². The average molecular weight is 629 g/mol. The van der Waals surface area contributed by atoms with Crippen molar-refractivity contribution in [3.63, 3.8) is 0 Å². The van der Waals surface area contributed by atoms with Crippen molar-refractivity contribution in [2.24, 2.45) is 17.3 Å². The molecule has 45 heavy (non-hydrogen) atoms. The molecule has 1 amide bonds. The van der Waals surface area contributed by atoms with Crippen LogP contribution in [0.15, 0.2) is 54.6 Å². The molecule has 1 saturated heterocycles. The standard InChI is InChI=1S/C37H51F3N2O3/c1-35(2,3)31-25-41(33(27-13-8-7-9-14-27)28-18-20-30(21-19-28)37(38,39)40)22-23-42(31)32(43)24-26-12-10-11-15-29(17-16-26)34(44)45-36(4,5)6/h7-9,13-14,18-21,26,29,31,33H,10-12,15-17,22-25H2,1-6H3/t26?,29-,31?,33?/m0/s1. The minimum absolute atomic E-state index is 0.0671. The zero-order chi connectivity index (χ0) is 33.0. The molecule has 2 aromatic rings. The van der Waals surface area contributed by atoms with E-state index in [1.54, 1.807) is 12.1 Å². The fourth-order valence-electron chi connectivity index (χ4n) is 6.92. The summed E-state index contributed by atoms with van der Waals surface area (Å²) in [7, 11) is 0. The third-order valence-corrected chi connectivity index (χ3v) is 9.31. The summed E-state index contributed by atoms with van der Waals surface area (Å²) in [5, 5.41) is 0.